The molecule has 0 aliphatic carbocycles. The molecule has 3 heterocycles. The van der Waals surface area contributed by atoms with Crippen LogP contribution < -0.4 is 10.3 Å². The van der Waals surface area contributed by atoms with Crippen LogP contribution >= 0.6 is 0 Å². The Balaban J connectivity index is 1.26. The van der Waals surface area contributed by atoms with E-state index in [2.05, 4.69) is 19.9 Å². The zero-order valence-electron chi connectivity index (χ0n) is 18.4. The molecule has 9 heteroatoms. The van der Waals surface area contributed by atoms with Gasteiger partial charge in [-0.1, -0.05) is 18.2 Å². The van der Waals surface area contributed by atoms with E-state index in [1.807, 2.05) is 48.5 Å². The lowest BCUT2D eigenvalue weighted by Crippen LogP contribution is -2.40. The van der Waals surface area contributed by atoms with Crippen molar-refractivity contribution in [2.24, 2.45) is 0 Å². The highest BCUT2D eigenvalue weighted by Gasteiger charge is 2.26. The number of rotatable bonds is 6. The number of hydrogen-bond acceptors (Lipinski definition) is 6. The molecule has 1 fully saturated rings. The number of fused-ring (bicyclic) bond motifs is 2. The van der Waals surface area contributed by atoms with Crippen LogP contribution in [-0.2, 0) is 9.84 Å². The third kappa shape index (κ3) is 4.65. The molecular weight excluding hydrogens is 440 g/mol. The number of para-hydroxylation sites is 1. The number of benzene rings is 2. The zero-order chi connectivity index (χ0) is 23.0. The van der Waals surface area contributed by atoms with E-state index in [4.69, 9.17) is 4.74 Å². The summed E-state index contributed by atoms with van der Waals surface area (Å²) >= 11 is 0. The minimum atomic E-state index is -2.95. The average Bonchev–Trinajstić information content (AvgIpc) is 3.21. The summed E-state index contributed by atoms with van der Waals surface area (Å²) in [6, 6.07) is 15.1. The summed E-state index contributed by atoms with van der Waals surface area (Å²) in [5.74, 6) is 1.24. The summed E-state index contributed by atoms with van der Waals surface area (Å²) in [6.45, 7) is 2.80. The monoisotopic (exact) mass is 466 g/mol. The number of sulfone groups is 1. The van der Waals surface area contributed by atoms with Gasteiger partial charge in [0.1, 0.15) is 28.0 Å². The molecule has 1 aliphatic heterocycles. The molecule has 0 saturated carbocycles. The Hall–Kier alpha value is -3.17. The summed E-state index contributed by atoms with van der Waals surface area (Å²) in [5, 5.41) is 0.721. The molecule has 8 nitrogen and oxygen atoms in total. The first-order chi connectivity index (χ1) is 15.9. The number of likely N-dealkylation sites (tertiary alicyclic amines) is 1. The molecule has 2 N–H and O–H groups in total. The van der Waals surface area contributed by atoms with Gasteiger partial charge < -0.3 is 14.7 Å². The maximum atomic E-state index is 12.6. The highest BCUT2D eigenvalue weighted by atomic mass is 32.2. The second-order valence-electron chi connectivity index (χ2n) is 8.58. The largest absolute Gasteiger partial charge is 0.492 e. The van der Waals surface area contributed by atoms with Gasteiger partial charge in [-0.25, -0.2) is 13.4 Å². The first kappa shape index (κ1) is 21.7. The number of H-pyrrole nitrogens is 2. The van der Waals surface area contributed by atoms with E-state index in [1.54, 1.807) is 0 Å². The summed E-state index contributed by atoms with van der Waals surface area (Å²) in [4.78, 5) is 25.5. The van der Waals surface area contributed by atoms with Crippen LogP contribution in [0.4, 0.5) is 0 Å². The van der Waals surface area contributed by atoms with Crippen molar-refractivity contribution in [3.8, 4) is 17.1 Å². The normalized spacial score (nSPS) is 15.9. The second kappa shape index (κ2) is 8.64. The summed E-state index contributed by atoms with van der Waals surface area (Å²) in [6.07, 6.45) is 2.68. The van der Waals surface area contributed by atoms with E-state index in [9.17, 15) is 13.2 Å². The van der Waals surface area contributed by atoms with Crippen LogP contribution in [0.2, 0.25) is 0 Å². The van der Waals surface area contributed by atoms with Crippen LogP contribution in [-0.4, -0.2) is 66.0 Å². The number of imidazole rings is 1. The highest BCUT2D eigenvalue weighted by Crippen LogP contribution is 2.24. The lowest BCUT2D eigenvalue weighted by Gasteiger charge is -2.30. The molecule has 1 aliphatic rings. The smallest absolute Gasteiger partial charge is 0.259 e. The average molecular weight is 467 g/mol. The summed E-state index contributed by atoms with van der Waals surface area (Å²) in [5.41, 5.74) is 2.64. The number of nitrogens with one attached hydrogen (secondary N) is 2. The van der Waals surface area contributed by atoms with Gasteiger partial charge >= 0.3 is 0 Å². The number of aromatic amines is 2. The Morgan fingerprint density at radius 1 is 1.06 bits per heavy atom. The number of nitrogens with zero attached hydrogens (tertiary/aromatic N) is 2. The molecule has 4 aromatic rings. The van der Waals surface area contributed by atoms with Crippen molar-refractivity contribution in [3.05, 3.63) is 58.9 Å². The van der Waals surface area contributed by atoms with Gasteiger partial charge in [0.05, 0.1) is 21.8 Å². The Morgan fingerprint density at radius 3 is 2.64 bits per heavy atom. The van der Waals surface area contributed by atoms with Crippen molar-refractivity contribution in [2.45, 2.75) is 18.1 Å². The van der Waals surface area contributed by atoms with Crippen molar-refractivity contribution in [3.63, 3.8) is 0 Å². The molecule has 1 saturated heterocycles. The number of pyridine rings is 1. The van der Waals surface area contributed by atoms with Gasteiger partial charge in [0.15, 0.2) is 0 Å². The number of ether oxygens (including phenoxy) is 1. The van der Waals surface area contributed by atoms with Crippen molar-refractivity contribution in [1.29, 1.82) is 0 Å². The van der Waals surface area contributed by atoms with Crippen LogP contribution in [0.25, 0.3) is 33.3 Å². The molecule has 33 heavy (non-hydrogen) atoms. The first-order valence-electron chi connectivity index (χ1n) is 11.0. The quantitative estimate of drug-likeness (QED) is 0.452. The fraction of sp³-hybridized carbons (Fsp3) is 0.333. The van der Waals surface area contributed by atoms with Gasteiger partial charge in [0, 0.05) is 24.4 Å². The van der Waals surface area contributed by atoms with Crippen LogP contribution in [0, 0.1) is 0 Å². The van der Waals surface area contributed by atoms with Crippen LogP contribution in [0.3, 0.4) is 0 Å². The number of piperidine rings is 1. The van der Waals surface area contributed by atoms with Crippen LogP contribution in [0.15, 0.2) is 53.3 Å². The molecule has 0 bridgehead atoms. The molecule has 0 unspecified atom stereocenters. The predicted molar refractivity (Wildman–Crippen MR) is 129 cm³/mol. The SMILES string of the molecule is CS(=O)(=O)C1CCN(CCOc2ccc3nc(-c4cc5ccccc5[nH]c4=O)[nH]c3c2)CC1. The fourth-order valence-corrected chi connectivity index (χ4v) is 5.45. The maximum absolute atomic E-state index is 12.6. The molecule has 2 aromatic carbocycles. The Labute approximate surface area is 191 Å². The van der Waals surface area contributed by atoms with Crippen LogP contribution in [0.5, 0.6) is 5.75 Å². The third-order valence-electron chi connectivity index (χ3n) is 6.28. The zero-order valence-corrected chi connectivity index (χ0v) is 19.2. The van der Waals surface area contributed by atoms with Gasteiger partial charge in [-0.3, -0.25) is 9.69 Å². The van der Waals surface area contributed by atoms with Gasteiger partial charge in [0.25, 0.3) is 5.56 Å². The standard InChI is InChI=1S/C24H26N4O4S/c1-33(30,31)18-8-10-28(11-9-18)12-13-32-17-6-7-21-22(15-17)26-23(25-21)19-14-16-4-2-3-5-20(16)27-24(19)29/h2-7,14-15,18H,8-13H2,1H3,(H,25,26)(H,27,29). The second-order valence-corrected chi connectivity index (χ2v) is 10.9. The molecule has 0 spiro atoms. The predicted octanol–water partition coefficient (Wildman–Crippen LogP) is 2.96. The van der Waals surface area contributed by atoms with Crippen LogP contribution in [0.1, 0.15) is 12.8 Å². The fourth-order valence-electron chi connectivity index (χ4n) is 4.38. The van der Waals surface area contributed by atoms with E-state index in [0.29, 0.717) is 30.8 Å². The maximum Gasteiger partial charge on any atom is 0.259 e. The molecule has 0 amide bonds. The van der Waals surface area contributed by atoms with Crippen molar-refractivity contribution >= 4 is 31.8 Å². The van der Waals surface area contributed by atoms with Crippen molar-refractivity contribution < 1.29 is 13.2 Å². The Bertz CT molecular complexity index is 1470. The van der Waals surface area contributed by atoms with Crippen molar-refractivity contribution in [2.75, 3.05) is 32.5 Å². The van der Waals surface area contributed by atoms with E-state index >= 15 is 0 Å². The van der Waals surface area contributed by atoms with Gasteiger partial charge in [0.2, 0.25) is 0 Å². The summed E-state index contributed by atoms with van der Waals surface area (Å²) in [7, 11) is -2.95. The molecule has 0 atom stereocenters. The lowest BCUT2D eigenvalue weighted by atomic mass is 10.1. The van der Waals surface area contributed by atoms with Gasteiger partial charge in [-0.2, -0.15) is 0 Å². The highest BCUT2D eigenvalue weighted by molar-refractivity contribution is 7.91. The Kier molecular flexibility index (Phi) is 5.67. The van der Waals surface area contributed by atoms with E-state index in [-0.39, 0.29) is 10.8 Å². The van der Waals surface area contributed by atoms with Gasteiger partial charge in [-0.05, 0) is 55.6 Å². The van der Waals surface area contributed by atoms with Crippen molar-refractivity contribution in [1.82, 2.24) is 19.9 Å². The number of hydrogen-bond donors (Lipinski definition) is 2. The summed E-state index contributed by atoms with van der Waals surface area (Å²) < 4.78 is 29.3. The topological polar surface area (TPSA) is 108 Å². The van der Waals surface area contributed by atoms with E-state index in [1.165, 1.54) is 6.26 Å². The minimum absolute atomic E-state index is 0.191. The lowest BCUT2D eigenvalue weighted by molar-refractivity contribution is 0.184. The molecule has 172 valence electrons. The molecule has 2 aromatic heterocycles. The van der Waals surface area contributed by atoms with E-state index in [0.717, 1.165) is 47.3 Å². The Morgan fingerprint density at radius 2 is 1.85 bits per heavy atom. The molecular formula is C24H26N4O4S. The first-order valence-corrected chi connectivity index (χ1v) is 13.0. The molecule has 5 rings (SSSR count). The number of aromatic nitrogens is 3. The van der Waals surface area contributed by atoms with Gasteiger partial charge in [-0.15, -0.1) is 0 Å². The van der Waals surface area contributed by atoms with E-state index < -0.39 is 9.84 Å². The molecule has 0 radical (unpaired) electrons. The third-order valence-corrected chi connectivity index (χ3v) is 7.96. The minimum Gasteiger partial charge on any atom is -0.492 e.